The quantitative estimate of drug-likeness (QED) is 0.458. The maximum absolute atomic E-state index is 6.01. The Morgan fingerprint density at radius 2 is 1.24 bits per heavy atom. The summed E-state index contributed by atoms with van der Waals surface area (Å²) >= 11 is 0. The van der Waals surface area contributed by atoms with Crippen molar-refractivity contribution in [2.75, 3.05) is 33.0 Å². The van der Waals surface area contributed by atoms with Gasteiger partial charge in [-0.15, -0.1) is 0 Å². The Labute approximate surface area is 223 Å². The summed E-state index contributed by atoms with van der Waals surface area (Å²) in [7, 11) is 0. The molecular weight excluding hydrogens is 464 g/mol. The first-order valence-corrected chi connectivity index (χ1v) is 13.6. The summed E-state index contributed by atoms with van der Waals surface area (Å²) in [6.07, 6.45) is 4.01. The van der Waals surface area contributed by atoms with E-state index in [-0.39, 0.29) is 23.0 Å². The number of ether oxygens (including phenoxy) is 4. The molecule has 1 aliphatic carbocycles. The van der Waals surface area contributed by atoms with Crippen molar-refractivity contribution in [2.45, 2.75) is 77.5 Å². The minimum absolute atomic E-state index is 0.0870. The number of rotatable bonds is 9. The SMILES string of the molecule is CC(C)(c1ccc(OCC2CO2)cc1)c1ccc(OCC2CO2)cc1.CC1(C)CC(N)CC(C)(CN)C1. The van der Waals surface area contributed by atoms with E-state index in [1.54, 1.807) is 0 Å². The molecule has 0 aromatic heterocycles. The fraction of sp³-hybridized carbons (Fsp3) is 0.613. The van der Waals surface area contributed by atoms with E-state index in [1.165, 1.54) is 17.5 Å². The van der Waals surface area contributed by atoms with E-state index in [9.17, 15) is 0 Å². The molecule has 6 heteroatoms. The molecule has 6 nitrogen and oxygen atoms in total. The van der Waals surface area contributed by atoms with E-state index in [2.05, 4.69) is 58.9 Å². The summed E-state index contributed by atoms with van der Waals surface area (Å²) in [4.78, 5) is 0. The Morgan fingerprint density at radius 3 is 1.59 bits per heavy atom. The predicted octanol–water partition coefficient (Wildman–Crippen LogP) is 5.06. The molecule has 2 aromatic rings. The van der Waals surface area contributed by atoms with Gasteiger partial charge in [0.2, 0.25) is 0 Å². The molecule has 1 saturated carbocycles. The fourth-order valence-corrected chi connectivity index (χ4v) is 5.68. The van der Waals surface area contributed by atoms with E-state index in [1.807, 2.05) is 24.3 Å². The first-order chi connectivity index (χ1) is 17.5. The molecule has 2 aromatic carbocycles. The highest BCUT2D eigenvalue weighted by molar-refractivity contribution is 5.41. The lowest BCUT2D eigenvalue weighted by Crippen LogP contribution is -2.45. The third-order valence-electron chi connectivity index (χ3n) is 7.80. The molecule has 4 N–H and O–H groups in total. The molecule has 0 bridgehead atoms. The van der Waals surface area contributed by atoms with Gasteiger partial charge in [-0.1, -0.05) is 58.9 Å². The van der Waals surface area contributed by atoms with E-state index in [0.717, 1.165) is 44.1 Å². The third-order valence-corrected chi connectivity index (χ3v) is 7.80. The van der Waals surface area contributed by atoms with Crippen LogP contribution in [-0.4, -0.2) is 51.2 Å². The van der Waals surface area contributed by atoms with Crippen LogP contribution >= 0.6 is 0 Å². The van der Waals surface area contributed by atoms with Crippen LogP contribution < -0.4 is 20.9 Å². The van der Waals surface area contributed by atoms with Gasteiger partial charge in [0.15, 0.2) is 0 Å². The average Bonchev–Trinajstić information content (AvgIpc) is 3.76. The van der Waals surface area contributed by atoms with Gasteiger partial charge in [0.25, 0.3) is 0 Å². The van der Waals surface area contributed by atoms with Crippen LogP contribution in [0.25, 0.3) is 0 Å². The molecule has 204 valence electrons. The van der Waals surface area contributed by atoms with Crippen LogP contribution in [0.1, 0.15) is 65.0 Å². The Balaban J connectivity index is 0.000000225. The number of nitrogens with two attached hydrogens (primary N) is 2. The molecule has 37 heavy (non-hydrogen) atoms. The molecule has 3 fully saturated rings. The summed E-state index contributed by atoms with van der Waals surface area (Å²) in [5.74, 6) is 1.78. The van der Waals surface area contributed by atoms with Gasteiger partial charge in [-0.25, -0.2) is 0 Å². The van der Waals surface area contributed by atoms with Gasteiger partial charge in [0.1, 0.15) is 36.9 Å². The highest BCUT2D eigenvalue weighted by atomic mass is 16.6. The van der Waals surface area contributed by atoms with Crippen LogP contribution in [0.3, 0.4) is 0 Å². The van der Waals surface area contributed by atoms with Crippen LogP contribution in [0.15, 0.2) is 48.5 Å². The van der Waals surface area contributed by atoms with Crippen LogP contribution in [-0.2, 0) is 14.9 Å². The molecule has 5 rings (SSSR count). The molecule has 2 saturated heterocycles. The second kappa shape index (κ2) is 11.3. The van der Waals surface area contributed by atoms with Crippen molar-refractivity contribution < 1.29 is 18.9 Å². The average molecular weight is 511 g/mol. The standard InChI is InChI=1S/C21H24O4.C10H22N2/c1-21(2,15-3-7-17(8-4-15)22-11-19-13-24-19)16-5-9-18(10-6-16)23-12-20-14-25-20;1-9(2)4-8(12)5-10(3,6-9)7-11/h3-10,19-20H,11-14H2,1-2H3;8H,4-7,11-12H2,1-3H3. The maximum Gasteiger partial charge on any atom is 0.119 e. The van der Waals surface area contributed by atoms with Gasteiger partial charge < -0.3 is 30.4 Å². The lowest BCUT2D eigenvalue weighted by Gasteiger charge is -2.45. The summed E-state index contributed by atoms with van der Waals surface area (Å²) in [5.41, 5.74) is 14.8. The largest absolute Gasteiger partial charge is 0.491 e. The molecule has 0 spiro atoms. The van der Waals surface area contributed by atoms with Gasteiger partial charge >= 0.3 is 0 Å². The van der Waals surface area contributed by atoms with Gasteiger partial charge in [0, 0.05) is 11.5 Å². The number of hydrogen-bond donors (Lipinski definition) is 2. The minimum atomic E-state index is -0.0870. The summed E-state index contributed by atoms with van der Waals surface area (Å²) in [6.45, 7) is 15.0. The zero-order valence-electron chi connectivity index (χ0n) is 23.3. The Kier molecular flexibility index (Phi) is 8.54. The Morgan fingerprint density at radius 1 is 0.811 bits per heavy atom. The minimum Gasteiger partial charge on any atom is -0.491 e. The van der Waals surface area contributed by atoms with E-state index in [0.29, 0.717) is 24.7 Å². The molecule has 4 atom stereocenters. The topological polar surface area (TPSA) is 95.6 Å². The smallest absolute Gasteiger partial charge is 0.119 e. The number of hydrogen-bond acceptors (Lipinski definition) is 6. The van der Waals surface area contributed by atoms with Gasteiger partial charge in [-0.2, -0.15) is 0 Å². The normalized spacial score (nSPS) is 28.0. The summed E-state index contributed by atoms with van der Waals surface area (Å²) in [5, 5.41) is 0. The second-order valence-corrected chi connectivity index (χ2v) is 12.7. The maximum atomic E-state index is 6.01. The first kappa shape index (κ1) is 27.9. The molecule has 2 aliphatic heterocycles. The predicted molar refractivity (Wildman–Crippen MR) is 148 cm³/mol. The first-order valence-electron chi connectivity index (χ1n) is 13.6. The molecule has 3 aliphatic rings. The molecule has 0 radical (unpaired) electrons. The highest BCUT2D eigenvalue weighted by Crippen LogP contribution is 2.44. The molecule has 0 amide bonds. The summed E-state index contributed by atoms with van der Waals surface area (Å²) in [6, 6.07) is 17.0. The third kappa shape index (κ3) is 8.18. The van der Waals surface area contributed by atoms with Crippen molar-refractivity contribution in [3.8, 4) is 11.5 Å². The van der Waals surface area contributed by atoms with E-state index >= 15 is 0 Å². The highest BCUT2D eigenvalue weighted by Gasteiger charge is 2.39. The molecule has 4 unspecified atom stereocenters. The number of epoxide rings is 2. The van der Waals surface area contributed by atoms with Gasteiger partial charge in [-0.3, -0.25) is 0 Å². The zero-order chi connectivity index (χ0) is 26.7. The van der Waals surface area contributed by atoms with Gasteiger partial charge in [0.05, 0.1) is 13.2 Å². The van der Waals surface area contributed by atoms with Crippen molar-refractivity contribution in [3.63, 3.8) is 0 Å². The Bertz CT molecular complexity index is 935. The lowest BCUT2D eigenvalue weighted by atomic mass is 9.63. The van der Waals surface area contributed by atoms with Crippen molar-refractivity contribution in [2.24, 2.45) is 22.3 Å². The van der Waals surface area contributed by atoms with E-state index < -0.39 is 0 Å². The van der Waals surface area contributed by atoms with Crippen molar-refractivity contribution in [1.82, 2.24) is 0 Å². The fourth-order valence-electron chi connectivity index (χ4n) is 5.68. The van der Waals surface area contributed by atoms with E-state index in [4.69, 9.17) is 30.4 Å². The van der Waals surface area contributed by atoms with Crippen molar-refractivity contribution in [3.05, 3.63) is 59.7 Å². The monoisotopic (exact) mass is 510 g/mol. The van der Waals surface area contributed by atoms with Crippen molar-refractivity contribution in [1.29, 1.82) is 0 Å². The lowest BCUT2D eigenvalue weighted by molar-refractivity contribution is 0.0904. The van der Waals surface area contributed by atoms with Crippen LogP contribution in [0.2, 0.25) is 0 Å². The molecular formula is C31H46N2O4. The second-order valence-electron chi connectivity index (χ2n) is 12.7. The Hall–Kier alpha value is -2.12. The van der Waals surface area contributed by atoms with Crippen LogP contribution in [0.4, 0.5) is 0 Å². The zero-order valence-corrected chi connectivity index (χ0v) is 23.3. The number of benzene rings is 2. The molecule has 2 heterocycles. The van der Waals surface area contributed by atoms with Crippen LogP contribution in [0.5, 0.6) is 11.5 Å². The van der Waals surface area contributed by atoms with Crippen LogP contribution in [0, 0.1) is 10.8 Å². The summed E-state index contributed by atoms with van der Waals surface area (Å²) < 4.78 is 21.8. The van der Waals surface area contributed by atoms with Crippen molar-refractivity contribution >= 4 is 0 Å². The van der Waals surface area contributed by atoms with Gasteiger partial charge in [-0.05, 0) is 72.0 Å².